The van der Waals surface area contributed by atoms with E-state index in [-0.39, 0.29) is 24.0 Å². The van der Waals surface area contributed by atoms with Gasteiger partial charge >= 0.3 is 6.18 Å². The van der Waals surface area contributed by atoms with E-state index in [1.54, 1.807) is 17.0 Å². The fourth-order valence-electron chi connectivity index (χ4n) is 4.35. The molecule has 1 N–H and O–H groups in total. The average molecular weight is 416 g/mol. The van der Waals surface area contributed by atoms with E-state index in [0.29, 0.717) is 12.2 Å². The zero-order valence-electron chi connectivity index (χ0n) is 16.1. The third-order valence-electron chi connectivity index (χ3n) is 5.72. The number of alkyl halides is 3. The highest BCUT2D eigenvalue weighted by Gasteiger charge is 2.47. The summed E-state index contributed by atoms with van der Waals surface area (Å²) in [4.78, 5) is 14.8. The van der Waals surface area contributed by atoms with Gasteiger partial charge in [0.15, 0.2) is 11.7 Å². The van der Waals surface area contributed by atoms with E-state index < -0.39 is 24.2 Å². The van der Waals surface area contributed by atoms with Gasteiger partial charge in [0.2, 0.25) is 0 Å². The lowest BCUT2D eigenvalue weighted by Crippen LogP contribution is -2.37. The quantitative estimate of drug-likeness (QED) is 0.656. The SMILES string of the molecule is C[C@H]1Cc2ccccc2N1C(=O)c1cc2n(n1)[C@@H](C(F)(F)F)C[C@H](c1ccco1)N2. The van der Waals surface area contributed by atoms with Crippen molar-refractivity contribution in [1.82, 2.24) is 9.78 Å². The van der Waals surface area contributed by atoms with Gasteiger partial charge in [-0.25, -0.2) is 4.68 Å². The Balaban J connectivity index is 1.52. The van der Waals surface area contributed by atoms with Crippen molar-refractivity contribution in [3.63, 3.8) is 0 Å². The molecule has 3 atom stereocenters. The van der Waals surface area contributed by atoms with Gasteiger partial charge in [-0.1, -0.05) is 18.2 Å². The summed E-state index contributed by atoms with van der Waals surface area (Å²) < 4.78 is 47.5. The summed E-state index contributed by atoms with van der Waals surface area (Å²) in [6.45, 7) is 1.91. The first-order valence-electron chi connectivity index (χ1n) is 9.70. The van der Waals surface area contributed by atoms with Gasteiger partial charge in [-0.15, -0.1) is 0 Å². The normalized spacial score (nSPS) is 23.1. The van der Waals surface area contributed by atoms with Gasteiger partial charge in [0.25, 0.3) is 5.91 Å². The van der Waals surface area contributed by atoms with E-state index in [4.69, 9.17) is 4.42 Å². The second-order valence-corrected chi connectivity index (χ2v) is 7.72. The largest absolute Gasteiger partial charge is 0.467 e. The number of anilines is 2. The van der Waals surface area contributed by atoms with E-state index in [1.165, 1.54) is 12.3 Å². The van der Waals surface area contributed by atoms with E-state index in [2.05, 4.69) is 10.4 Å². The van der Waals surface area contributed by atoms with Gasteiger partial charge in [-0.2, -0.15) is 18.3 Å². The van der Waals surface area contributed by atoms with Crippen molar-refractivity contribution < 1.29 is 22.4 Å². The minimum absolute atomic E-state index is 0.0182. The highest BCUT2D eigenvalue weighted by atomic mass is 19.4. The van der Waals surface area contributed by atoms with Crippen LogP contribution in [0.4, 0.5) is 24.7 Å². The summed E-state index contributed by atoms with van der Waals surface area (Å²) in [6.07, 6.45) is -2.67. The average Bonchev–Trinajstić information content (AvgIpc) is 3.43. The lowest BCUT2D eigenvalue weighted by Gasteiger charge is -2.32. The minimum atomic E-state index is -4.51. The Morgan fingerprint density at radius 1 is 1.23 bits per heavy atom. The van der Waals surface area contributed by atoms with Crippen LogP contribution in [0.5, 0.6) is 0 Å². The maximum absolute atomic E-state index is 13.8. The third kappa shape index (κ3) is 2.96. The molecule has 9 heteroatoms. The molecule has 3 aromatic rings. The molecule has 2 aliphatic heterocycles. The number of carbonyl (C=O) groups excluding carboxylic acids is 1. The molecule has 0 aliphatic carbocycles. The fourth-order valence-corrected chi connectivity index (χ4v) is 4.35. The summed E-state index contributed by atoms with van der Waals surface area (Å²) in [6, 6.07) is 9.58. The fraction of sp³-hybridized carbons (Fsp3) is 0.333. The molecule has 4 heterocycles. The molecule has 0 unspecified atom stereocenters. The highest BCUT2D eigenvalue weighted by molar-refractivity contribution is 6.07. The predicted octanol–water partition coefficient (Wildman–Crippen LogP) is 4.73. The van der Waals surface area contributed by atoms with Crippen molar-refractivity contribution in [2.75, 3.05) is 10.2 Å². The van der Waals surface area contributed by atoms with Gasteiger partial charge in [-0.05, 0) is 37.1 Å². The topological polar surface area (TPSA) is 63.3 Å². The number of carbonyl (C=O) groups is 1. The Labute approximate surface area is 170 Å². The van der Waals surface area contributed by atoms with Crippen LogP contribution in [-0.2, 0) is 6.42 Å². The first-order valence-corrected chi connectivity index (χ1v) is 9.70. The number of nitrogens with one attached hydrogen (secondary N) is 1. The molecule has 2 aromatic heterocycles. The molecule has 0 radical (unpaired) electrons. The summed E-state index contributed by atoms with van der Waals surface area (Å²) >= 11 is 0. The number of hydrogen-bond acceptors (Lipinski definition) is 4. The number of halogens is 3. The van der Waals surface area contributed by atoms with Crippen molar-refractivity contribution in [2.45, 2.75) is 44.1 Å². The number of para-hydroxylation sites is 1. The minimum Gasteiger partial charge on any atom is -0.467 e. The predicted molar refractivity (Wildman–Crippen MR) is 103 cm³/mol. The number of benzene rings is 1. The van der Waals surface area contributed by atoms with Crippen LogP contribution in [0.25, 0.3) is 0 Å². The van der Waals surface area contributed by atoms with Crippen LogP contribution < -0.4 is 10.2 Å². The molecule has 30 heavy (non-hydrogen) atoms. The molecular formula is C21H19F3N4O2. The highest BCUT2D eigenvalue weighted by Crippen LogP contribution is 2.44. The van der Waals surface area contributed by atoms with E-state index >= 15 is 0 Å². The van der Waals surface area contributed by atoms with Crippen molar-refractivity contribution in [1.29, 1.82) is 0 Å². The molecule has 0 saturated heterocycles. The molecule has 156 valence electrons. The van der Waals surface area contributed by atoms with Gasteiger partial charge in [-0.3, -0.25) is 4.79 Å². The molecule has 1 amide bonds. The maximum Gasteiger partial charge on any atom is 0.410 e. The number of hydrogen-bond donors (Lipinski definition) is 1. The zero-order valence-corrected chi connectivity index (χ0v) is 16.1. The van der Waals surface area contributed by atoms with Crippen LogP contribution >= 0.6 is 0 Å². The van der Waals surface area contributed by atoms with Crippen molar-refractivity contribution in [2.24, 2.45) is 0 Å². The molecule has 0 saturated carbocycles. The van der Waals surface area contributed by atoms with Crippen LogP contribution in [0.1, 0.15) is 47.2 Å². The molecule has 2 aliphatic rings. The Morgan fingerprint density at radius 2 is 2.03 bits per heavy atom. The number of amides is 1. The van der Waals surface area contributed by atoms with Crippen LogP contribution in [0, 0.1) is 0 Å². The smallest absolute Gasteiger partial charge is 0.410 e. The first kappa shape index (κ1) is 18.8. The lowest BCUT2D eigenvalue weighted by molar-refractivity contribution is -0.174. The van der Waals surface area contributed by atoms with Gasteiger partial charge < -0.3 is 14.6 Å². The molecule has 0 spiro atoms. The molecular weight excluding hydrogens is 397 g/mol. The number of furan rings is 1. The maximum atomic E-state index is 13.8. The molecule has 5 rings (SSSR count). The van der Waals surface area contributed by atoms with E-state index in [9.17, 15) is 18.0 Å². The van der Waals surface area contributed by atoms with Gasteiger partial charge in [0.05, 0.1) is 12.3 Å². The molecule has 1 aromatic carbocycles. The number of rotatable bonds is 2. The summed E-state index contributed by atoms with van der Waals surface area (Å²) in [5.41, 5.74) is 1.79. The summed E-state index contributed by atoms with van der Waals surface area (Å²) in [5.74, 6) is 0.145. The van der Waals surface area contributed by atoms with Crippen LogP contribution in [0.2, 0.25) is 0 Å². The van der Waals surface area contributed by atoms with Crippen LogP contribution in [0.3, 0.4) is 0 Å². The molecule has 0 bridgehead atoms. The van der Waals surface area contributed by atoms with Crippen molar-refractivity contribution in [3.05, 3.63) is 65.7 Å². The van der Waals surface area contributed by atoms with E-state index in [0.717, 1.165) is 15.9 Å². The van der Waals surface area contributed by atoms with Crippen molar-refractivity contribution in [3.8, 4) is 0 Å². The standard InChI is InChI=1S/C21H19F3N4O2/c1-12-9-13-5-2-3-6-16(13)27(12)20(29)15-11-19-25-14(17-7-4-8-30-17)10-18(21(22,23)24)28(19)26-15/h2-8,11-12,14,18,25H,9-10H2,1H3/t12-,14+,18+/m0/s1. The van der Waals surface area contributed by atoms with Crippen molar-refractivity contribution >= 4 is 17.4 Å². The second kappa shape index (κ2) is 6.65. The Kier molecular flexibility index (Phi) is 4.16. The summed E-state index contributed by atoms with van der Waals surface area (Å²) in [7, 11) is 0. The van der Waals surface area contributed by atoms with Gasteiger partial charge in [0.1, 0.15) is 11.6 Å². The summed E-state index contributed by atoms with van der Waals surface area (Å²) in [5, 5.41) is 7.11. The Morgan fingerprint density at radius 3 is 2.77 bits per heavy atom. The number of nitrogens with zero attached hydrogens (tertiary/aromatic N) is 3. The monoisotopic (exact) mass is 416 g/mol. The number of aromatic nitrogens is 2. The molecule has 0 fully saturated rings. The lowest BCUT2D eigenvalue weighted by atomic mass is 10.0. The van der Waals surface area contributed by atoms with Crippen LogP contribution in [0.15, 0.2) is 53.1 Å². The van der Waals surface area contributed by atoms with E-state index in [1.807, 2.05) is 31.2 Å². The Bertz CT molecular complexity index is 1090. The third-order valence-corrected chi connectivity index (χ3v) is 5.72. The number of fused-ring (bicyclic) bond motifs is 2. The van der Waals surface area contributed by atoms with Crippen LogP contribution in [-0.4, -0.2) is 27.9 Å². The molecule has 6 nitrogen and oxygen atoms in total. The van der Waals surface area contributed by atoms with Gasteiger partial charge in [0, 0.05) is 24.2 Å². The Hall–Kier alpha value is -3.23. The first-order chi connectivity index (χ1) is 14.3. The second-order valence-electron chi connectivity index (χ2n) is 7.72. The zero-order chi connectivity index (χ0) is 21.0.